The topological polar surface area (TPSA) is 124 Å². The largest absolute Gasteiger partial charge is 0.478 e. The summed E-state index contributed by atoms with van der Waals surface area (Å²) in [6.45, 7) is 0. The molecule has 0 atom stereocenters. The predicted octanol–water partition coefficient (Wildman–Crippen LogP) is 3.02. The monoisotopic (exact) mass is 314 g/mol. The van der Waals surface area contributed by atoms with Gasteiger partial charge in [0.25, 0.3) is 11.4 Å². The molecule has 0 radical (unpaired) electrons. The second-order valence-electron chi connectivity index (χ2n) is 4.44. The van der Waals surface area contributed by atoms with E-state index in [-0.39, 0.29) is 28.1 Å². The van der Waals surface area contributed by atoms with Gasteiger partial charge in [0.1, 0.15) is 0 Å². The SMILES string of the molecule is O=C(O)C=C(c1ccccc1[N+](=O)[O-])c1ccccc1[N+](=O)[O-]. The molecule has 0 heterocycles. The van der Waals surface area contributed by atoms with Crippen molar-refractivity contribution in [2.45, 2.75) is 0 Å². The van der Waals surface area contributed by atoms with Crippen LogP contribution in [0.25, 0.3) is 5.57 Å². The van der Waals surface area contributed by atoms with Crippen LogP contribution in [0.15, 0.2) is 54.6 Å². The molecule has 8 nitrogen and oxygen atoms in total. The predicted molar refractivity (Wildman–Crippen MR) is 80.9 cm³/mol. The fourth-order valence-corrected chi connectivity index (χ4v) is 2.15. The number of hydrogen-bond acceptors (Lipinski definition) is 5. The number of nitrogens with zero attached hydrogens (tertiary/aromatic N) is 2. The number of carbonyl (C=O) groups is 1. The molecule has 0 fully saturated rings. The molecule has 0 aliphatic heterocycles. The van der Waals surface area contributed by atoms with Crippen LogP contribution in [0.5, 0.6) is 0 Å². The lowest BCUT2D eigenvalue weighted by Gasteiger charge is -2.09. The second kappa shape index (κ2) is 6.48. The van der Waals surface area contributed by atoms with Crippen molar-refractivity contribution in [3.8, 4) is 0 Å². The van der Waals surface area contributed by atoms with Gasteiger partial charge in [0.2, 0.25) is 0 Å². The number of nitro groups is 2. The highest BCUT2D eigenvalue weighted by atomic mass is 16.6. The lowest BCUT2D eigenvalue weighted by atomic mass is 9.95. The molecule has 0 saturated carbocycles. The Hall–Kier alpha value is -3.55. The van der Waals surface area contributed by atoms with Crippen LogP contribution in [-0.2, 0) is 4.79 Å². The first-order valence-electron chi connectivity index (χ1n) is 6.34. The average Bonchev–Trinajstić information content (AvgIpc) is 2.52. The number of aliphatic carboxylic acids is 1. The van der Waals surface area contributed by atoms with E-state index < -0.39 is 15.8 Å². The highest BCUT2D eigenvalue weighted by Gasteiger charge is 2.24. The van der Waals surface area contributed by atoms with Gasteiger partial charge in [0.15, 0.2) is 0 Å². The molecule has 0 aliphatic carbocycles. The molecule has 2 rings (SSSR count). The van der Waals surface area contributed by atoms with Crippen LogP contribution in [0.2, 0.25) is 0 Å². The average molecular weight is 314 g/mol. The molecule has 8 heteroatoms. The summed E-state index contributed by atoms with van der Waals surface area (Å²) in [5.41, 5.74) is -0.781. The van der Waals surface area contributed by atoms with E-state index in [1.807, 2.05) is 0 Å². The van der Waals surface area contributed by atoms with E-state index in [9.17, 15) is 25.0 Å². The third kappa shape index (κ3) is 3.38. The van der Waals surface area contributed by atoms with Crippen LogP contribution in [0.3, 0.4) is 0 Å². The lowest BCUT2D eigenvalue weighted by molar-refractivity contribution is -0.385. The van der Waals surface area contributed by atoms with Gasteiger partial charge in [0, 0.05) is 23.8 Å². The van der Waals surface area contributed by atoms with Gasteiger partial charge in [-0.3, -0.25) is 20.2 Å². The van der Waals surface area contributed by atoms with Crippen molar-refractivity contribution in [3.63, 3.8) is 0 Å². The molecular formula is C15H10N2O6. The number of carboxylic acids is 1. The molecule has 0 spiro atoms. The Kier molecular flexibility index (Phi) is 4.46. The number of nitro benzene ring substituents is 2. The zero-order chi connectivity index (χ0) is 17.0. The van der Waals surface area contributed by atoms with E-state index in [0.717, 1.165) is 6.08 Å². The van der Waals surface area contributed by atoms with E-state index in [1.165, 1.54) is 48.5 Å². The Morgan fingerprint density at radius 2 is 1.26 bits per heavy atom. The van der Waals surface area contributed by atoms with Gasteiger partial charge >= 0.3 is 5.97 Å². The molecule has 0 amide bonds. The Labute approximate surface area is 129 Å². The highest BCUT2D eigenvalue weighted by molar-refractivity contribution is 5.98. The van der Waals surface area contributed by atoms with E-state index >= 15 is 0 Å². The van der Waals surface area contributed by atoms with Crippen molar-refractivity contribution in [2.75, 3.05) is 0 Å². The quantitative estimate of drug-likeness (QED) is 0.514. The number of carboxylic acid groups (broad SMARTS) is 1. The molecule has 1 N–H and O–H groups in total. The number of hydrogen-bond donors (Lipinski definition) is 1. The lowest BCUT2D eigenvalue weighted by Crippen LogP contribution is -2.02. The zero-order valence-electron chi connectivity index (χ0n) is 11.6. The van der Waals surface area contributed by atoms with E-state index in [0.29, 0.717) is 0 Å². The minimum atomic E-state index is -1.36. The number of benzene rings is 2. The van der Waals surface area contributed by atoms with Gasteiger partial charge in [-0.05, 0) is 12.1 Å². The second-order valence-corrected chi connectivity index (χ2v) is 4.44. The van der Waals surface area contributed by atoms with Crippen LogP contribution >= 0.6 is 0 Å². The normalized spacial score (nSPS) is 9.91. The molecule has 0 unspecified atom stereocenters. The minimum Gasteiger partial charge on any atom is -0.478 e. The number of para-hydroxylation sites is 2. The molecule has 0 saturated heterocycles. The first-order chi connectivity index (χ1) is 10.9. The first kappa shape index (κ1) is 15.8. The van der Waals surface area contributed by atoms with Crippen molar-refractivity contribution in [2.24, 2.45) is 0 Å². The maximum Gasteiger partial charge on any atom is 0.328 e. The summed E-state index contributed by atoms with van der Waals surface area (Å²) in [6.07, 6.45) is 0.727. The number of rotatable bonds is 5. The summed E-state index contributed by atoms with van der Waals surface area (Å²) in [7, 11) is 0. The molecule has 0 aromatic heterocycles. The van der Waals surface area contributed by atoms with Crippen molar-refractivity contribution < 1.29 is 19.7 Å². The highest BCUT2D eigenvalue weighted by Crippen LogP contribution is 2.35. The molecule has 116 valence electrons. The van der Waals surface area contributed by atoms with Crippen molar-refractivity contribution in [1.29, 1.82) is 0 Å². The fraction of sp³-hybridized carbons (Fsp3) is 0. The van der Waals surface area contributed by atoms with Gasteiger partial charge in [-0.2, -0.15) is 0 Å². The smallest absolute Gasteiger partial charge is 0.328 e. The van der Waals surface area contributed by atoms with Gasteiger partial charge in [0.05, 0.1) is 21.0 Å². The maximum atomic E-state index is 11.2. The Morgan fingerprint density at radius 1 is 0.870 bits per heavy atom. The summed E-state index contributed by atoms with van der Waals surface area (Å²) in [5, 5.41) is 31.4. The minimum absolute atomic E-state index is 0.00537. The van der Waals surface area contributed by atoms with Gasteiger partial charge in [-0.1, -0.05) is 24.3 Å². The Bertz CT molecular complexity index is 769. The summed E-state index contributed by atoms with van der Waals surface area (Å²) >= 11 is 0. The van der Waals surface area contributed by atoms with Crippen molar-refractivity contribution in [3.05, 3.63) is 86.0 Å². The van der Waals surface area contributed by atoms with Crippen molar-refractivity contribution in [1.82, 2.24) is 0 Å². The molecule has 2 aromatic rings. The van der Waals surface area contributed by atoms with E-state index in [2.05, 4.69) is 0 Å². The summed E-state index contributed by atoms with van der Waals surface area (Å²) in [5.74, 6) is -1.36. The summed E-state index contributed by atoms with van der Waals surface area (Å²) in [6, 6.07) is 11.0. The van der Waals surface area contributed by atoms with Crippen LogP contribution in [-0.4, -0.2) is 20.9 Å². The molecule has 23 heavy (non-hydrogen) atoms. The van der Waals surface area contributed by atoms with Gasteiger partial charge in [-0.15, -0.1) is 0 Å². The van der Waals surface area contributed by atoms with Crippen LogP contribution in [0, 0.1) is 20.2 Å². The van der Waals surface area contributed by atoms with Crippen LogP contribution < -0.4 is 0 Å². The molecule has 2 aromatic carbocycles. The standard InChI is InChI=1S/C15H10N2O6/c18-15(19)9-12(10-5-1-3-7-13(10)16(20)21)11-6-2-4-8-14(11)17(22)23/h1-9H,(H,18,19). The molecule has 0 bridgehead atoms. The zero-order valence-corrected chi connectivity index (χ0v) is 11.6. The molecular weight excluding hydrogens is 304 g/mol. The third-order valence-corrected chi connectivity index (χ3v) is 3.05. The fourth-order valence-electron chi connectivity index (χ4n) is 2.15. The summed E-state index contributed by atoms with van der Waals surface area (Å²) < 4.78 is 0. The Balaban J connectivity index is 2.79. The first-order valence-corrected chi connectivity index (χ1v) is 6.34. The van der Waals surface area contributed by atoms with Crippen molar-refractivity contribution >= 4 is 22.9 Å². The molecule has 0 aliphatic rings. The third-order valence-electron chi connectivity index (χ3n) is 3.05. The van der Waals surface area contributed by atoms with Gasteiger partial charge < -0.3 is 5.11 Å². The van der Waals surface area contributed by atoms with Crippen LogP contribution in [0.1, 0.15) is 11.1 Å². The van der Waals surface area contributed by atoms with Gasteiger partial charge in [-0.25, -0.2) is 4.79 Å². The maximum absolute atomic E-state index is 11.2. The summed E-state index contributed by atoms with van der Waals surface area (Å²) in [4.78, 5) is 32.1. The Morgan fingerprint density at radius 3 is 1.61 bits per heavy atom. The van der Waals surface area contributed by atoms with Crippen LogP contribution in [0.4, 0.5) is 11.4 Å². The van der Waals surface area contributed by atoms with E-state index in [1.54, 1.807) is 0 Å². The van der Waals surface area contributed by atoms with E-state index in [4.69, 9.17) is 5.11 Å².